The lowest BCUT2D eigenvalue weighted by molar-refractivity contribution is -0.150. The van der Waals surface area contributed by atoms with Crippen LogP contribution in [0.15, 0.2) is 4.42 Å². The number of aryl methyl sites for hydroxylation is 1. The molecule has 3 heterocycles. The highest BCUT2D eigenvalue weighted by Gasteiger charge is 2.42. The molecule has 2 fully saturated rings. The Labute approximate surface area is 134 Å². The van der Waals surface area contributed by atoms with Crippen LogP contribution in [0.25, 0.3) is 0 Å². The van der Waals surface area contributed by atoms with Crippen molar-refractivity contribution in [3.8, 4) is 0 Å². The maximum absolute atomic E-state index is 12.4. The van der Waals surface area contributed by atoms with Gasteiger partial charge in [-0.2, -0.15) is 0 Å². The number of ether oxygens (including phenoxy) is 1. The molecule has 1 aromatic rings. The first-order valence-corrected chi connectivity index (χ1v) is 7.93. The average molecular weight is 322 g/mol. The lowest BCUT2D eigenvalue weighted by Gasteiger charge is -2.33. The van der Waals surface area contributed by atoms with E-state index in [1.54, 1.807) is 16.8 Å². The number of nitrogens with zero attached hydrogens (tertiary/aromatic N) is 4. The molecule has 0 saturated carbocycles. The number of hydrogen-bond donors (Lipinski definition) is 0. The molecular formula is C15H22N4O4. The molecule has 0 radical (unpaired) electrons. The average Bonchev–Trinajstić information content (AvgIpc) is 3.15. The predicted molar refractivity (Wildman–Crippen MR) is 79.6 cm³/mol. The third kappa shape index (κ3) is 3.21. The van der Waals surface area contributed by atoms with E-state index in [0.717, 1.165) is 0 Å². The molecule has 2 aliphatic rings. The highest BCUT2D eigenvalue weighted by molar-refractivity contribution is 5.80. The van der Waals surface area contributed by atoms with E-state index in [9.17, 15) is 9.59 Å². The fourth-order valence-corrected chi connectivity index (χ4v) is 2.93. The number of amides is 2. The molecule has 8 heteroatoms. The second-order valence-corrected chi connectivity index (χ2v) is 6.41. The fourth-order valence-electron chi connectivity index (χ4n) is 2.93. The SMILES string of the molecule is CC(C)c1nnc(CCC(=O)N2C[C@@H]3OCC(=O)N(C)[C@H]3C2)o1. The van der Waals surface area contributed by atoms with Gasteiger partial charge in [0.25, 0.3) is 0 Å². The topological polar surface area (TPSA) is 88.8 Å². The maximum Gasteiger partial charge on any atom is 0.248 e. The van der Waals surface area contributed by atoms with Crippen LogP contribution in [0.5, 0.6) is 0 Å². The van der Waals surface area contributed by atoms with E-state index in [1.807, 2.05) is 13.8 Å². The molecule has 0 unspecified atom stereocenters. The number of aromatic nitrogens is 2. The molecule has 0 spiro atoms. The van der Waals surface area contributed by atoms with Crippen LogP contribution >= 0.6 is 0 Å². The van der Waals surface area contributed by atoms with Gasteiger partial charge >= 0.3 is 0 Å². The van der Waals surface area contributed by atoms with Crippen LogP contribution in [0.4, 0.5) is 0 Å². The van der Waals surface area contributed by atoms with Gasteiger partial charge in [0.1, 0.15) is 6.61 Å². The predicted octanol–water partition coefficient (Wildman–Crippen LogP) is 0.194. The van der Waals surface area contributed by atoms with E-state index >= 15 is 0 Å². The van der Waals surface area contributed by atoms with Gasteiger partial charge in [0, 0.05) is 38.9 Å². The zero-order chi connectivity index (χ0) is 16.6. The van der Waals surface area contributed by atoms with Crippen molar-refractivity contribution in [1.82, 2.24) is 20.0 Å². The van der Waals surface area contributed by atoms with Crippen molar-refractivity contribution in [1.29, 1.82) is 0 Å². The Morgan fingerprint density at radius 2 is 2.13 bits per heavy atom. The number of likely N-dealkylation sites (tertiary alicyclic amines) is 1. The largest absolute Gasteiger partial charge is 0.425 e. The highest BCUT2D eigenvalue weighted by atomic mass is 16.5. The Balaban J connectivity index is 1.54. The molecule has 2 saturated heterocycles. The minimum absolute atomic E-state index is 0.0214. The van der Waals surface area contributed by atoms with Crippen LogP contribution in [0.3, 0.4) is 0 Å². The van der Waals surface area contributed by atoms with Gasteiger partial charge in [0.05, 0.1) is 12.1 Å². The van der Waals surface area contributed by atoms with Crippen LogP contribution in [-0.4, -0.2) is 70.7 Å². The Bertz CT molecular complexity index is 600. The van der Waals surface area contributed by atoms with Gasteiger partial charge in [-0.1, -0.05) is 13.8 Å². The van der Waals surface area contributed by atoms with Crippen molar-refractivity contribution in [2.45, 2.75) is 44.8 Å². The van der Waals surface area contributed by atoms with Gasteiger partial charge in [-0.15, -0.1) is 10.2 Å². The fraction of sp³-hybridized carbons (Fsp3) is 0.733. The van der Waals surface area contributed by atoms with E-state index in [-0.39, 0.29) is 36.5 Å². The normalized spacial score (nSPS) is 24.4. The number of hydrogen-bond acceptors (Lipinski definition) is 6. The Morgan fingerprint density at radius 1 is 1.35 bits per heavy atom. The summed E-state index contributed by atoms with van der Waals surface area (Å²) in [5.41, 5.74) is 0. The molecule has 0 aromatic carbocycles. The standard InChI is InChI=1S/C15H22N4O4/c1-9(2)15-17-16-12(23-15)4-5-13(20)19-6-10-11(7-19)22-8-14(21)18(10)3/h9-11H,4-8H2,1-3H3/t10-,11-/m0/s1. The molecule has 2 amide bonds. The molecule has 23 heavy (non-hydrogen) atoms. The number of morpholine rings is 1. The van der Waals surface area contributed by atoms with Crippen LogP contribution in [-0.2, 0) is 20.7 Å². The second kappa shape index (κ2) is 6.27. The summed E-state index contributed by atoms with van der Waals surface area (Å²) in [7, 11) is 1.77. The van der Waals surface area contributed by atoms with Crippen molar-refractivity contribution in [2.75, 3.05) is 26.7 Å². The second-order valence-electron chi connectivity index (χ2n) is 6.41. The Hall–Kier alpha value is -1.96. The van der Waals surface area contributed by atoms with E-state index in [2.05, 4.69) is 10.2 Å². The summed E-state index contributed by atoms with van der Waals surface area (Å²) in [5, 5.41) is 7.93. The summed E-state index contributed by atoms with van der Waals surface area (Å²) in [6.45, 7) is 5.10. The third-order valence-corrected chi connectivity index (χ3v) is 4.43. The third-order valence-electron chi connectivity index (χ3n) is 4.43. The molecule has 1 aromatic heterocycles. The minimum Gasteiger partial charge on any atom is -0.425 e. The van der Waals surface area contributed by atoms with Crippen molar-refractivity contribution < 1.29 is 18.7 Å². The van der Waals surface area contributed by atoms with E-state index in [1.165, 1.54) is 0 Å². The van der Waals surface area contributed by atoms with Gasteiger partial charge in [-0.05, 0) is 0 Å². The van der Waals surface area contributed by atoms with Crippen molar-refractivity contribution in [3.05, 3.63) is 11.8 Å². The van der Waals surface area contributed by atoms with E-state index in [0.29, 0.717) is 37.7 Å². The zero-order valence-electron chi connectivity index (χ0n) is 13.7. The van der Waals surface area contributed by atoms with Crippen LogP contribution in [0, 0.1) is 0 Å². The van der Waals surface area contributed by atoms with E-state index < -0.39 is 0 Å². The molecule has 0 N–H and O–H groups in total. The monoisotopic (exact) mass is 322 g/mol. The summed E-state index contributed by atoms with van der Waals surface area (Å²) < 4.78 is 11.0. The summed E-state index contributed by atoms with van der Waals surface area (Å²) in [4.78, 5) is 27.5. The van der Waals surface area contributed by atoms with Crippen LogP contribution in [0.2, 0.25) is 0 Å². The molecular weight excluding hydrogens is 300 g/mol. The molecule has 3 rings (SSSR count). The maximum atomic E-state index is 12.4. The number of likely N-dealkylation sites (N-methyl/N-ethyl adjacent to an activating group) is 1. The van der Waals surface area contributed by atoms with E-state index in [4.69, 9.17) is 9.15 Å². The zero-order valence-corrected chi connectivity index (χ0v) is 13.7. The Kier molecular flexibility index (Phi) is 4.34. The lowest BCUT2D eigenvalue weighted by Crippen LogP contribution is -2.51. The summed E-state index contributed by atoms with van der Waals surface area (Å²) >= 11 is 0. The van der Waals surface area contributed by atoms with Gasteiger partial charge in [-0.25, -0.2) is 0 Å². The van der Waals surface area contributed by atoms with Crippen molar-refractivity contribution in [3.63, 3.8) is 0 Å². The first-order valence-electron chi connectivity index (χ1n) is 7.93. The molecule has 0 aliphatic carbocycles. The van der Waals surface area contributed by atoms with Crippen molar-refractivity contribution in [2.24, 2.45) is 0 Å². The summed E-state index contributed by atoms with van der Waals surface area (Å²) in [6.07, 6.45) is 0.661. The number of rotatable bonds is 4. The molecule has 8 nitrogen and oxygen atoms in total. The minimum atomic E-state index is -0.0856. The lowest BCUT2D eigenvalue weighted by atomic mass is 10.1. The van der Waals surface area contributed by atoms with Crippen LogP contribution < -0.4 is 0 Å². The van der Waals surface area contributed by atoms with Gasteiger partial charge in [0.15, 0.2) is 0 Å². The first-order chi connectivity index (χ1) is 11.0. The quantitative estimate of drug-likeness (QED) is 0.786. The molecule has 2 atom stereocenters. The number of fused-ring (bicyclic) bond motifs is 1. The van der Waals surface area contributed by atoms with Gasteiger partial charge in [-0.3, -0.25) is 9.59 Å². The summed E-state index contributed by atoms with van der Waals surface area (Å²) in [6, 6.07) is -0.0452. The number of carbonyl (C=O) groups is 2. The Morgan fingerprint density at radius 3 is 2.83 bits per heavy atom. The first kappa shape index (κ1) is 15.9. The molecule has 0 bridgehead atoms. The van der Waals surface area contributed by atoms with Crippen LogP contribution in [0.1, 0.15) is 38.0 Å². The highest BCUT2D eigenvalue weighted by Crippen LogP contribution is 2.23. The summed E-state index contributed by atoms with van der Waals surface area (Å²) in [5.74, 6) is 1.25. The smallest absolute Gasteiger partial charge is 0.248 e. The molecule has 126 valence electrons. The van der Waals surface area contributed by atoms with Crippen molar-refractivity contribution >= 4 is 11.8 Å². The number of carbonyl (C=O) groups excluding carboxylic acids is 2. The molecule has 2 aliphatic heterocycles. The van der Waals surface area contributed by atoms with Gasteiger partial charge < -0.3 is 19.0 Å². The van der Waals surface area contributed by atoms with Gasteiger partial charge in [0.2, 0.25) is 23.6 Å².